The molecule has 5 heterocycles. The van der Waals surface area contributed by atoms with E-state index in [1.165, 1.54) is 0 Å². The van der Waals surface area contributed by atoms with E-state index < -0.39 is 0 Å². The molecule has 2 aromatic heterocycles. The zero-order chi connectivity index (χ0) is 19.8. The van der Waals surface area contributed by atoms with Crippen molar-refractivity contribution in [2.24, 2.45) is 5.92 Å². The van der Waals surface area contributed by atoms with E-state index in [-0.39, 0.29) is 23.8 Å². The van der Waals surface area contributed by atoms with Crippen LogP contribution in [0.25, 0.3) is 0 Å². The van der Waals surface area contributed by atoms with Gasteiger partial charge in [0, 0.05) is 49.6 Å². The summed E-state index contributed by atoms with van der Waals surface area (Å²) in [5.74, 6) is 2.13. The van der Waals surface area contributed by atoms with E-state index >= 15 is 0 Å². The Morgan fingerprint density at radius 3 is 2.54 bits per heavy atom. The third kappa shape index (κ3) is 3.43. The van der Waals surface area contributed by atoms with Gasteiger partial charge in [-0.15, -0.1) is 0 Å². The lowest BCUT2D eigenvalue weighted by Crippen LogP contribution is -2.47. The van der Waals surface area contributed by atoms with E-state index in [4.69, 9.17) is 4.42 Å². The van der Waals surface area contributed by atoms with Gasteiger partial charge in [-0.05, 0) is 43.9 Å². The summed E-state index contributed by atoms with van der Waals surface area (Å²) in [6.45, 7) is 7.95. The zero-order valence-electron chi connectivity index (χ0n) is 16.7. The summed E-state index contributed by atoms with van der Waals surface area (Å²) in [7, 11) is 0. The quantitative estimate of drug-likeness (QED) is 0.816. The first-order chi connectivity index (χ1) is 13.4. The number of aryl methyl sites for hydroxylation is 1. The molecule has 6 nitrogen and oxygen atoms in total. The predicted octanol–water partition coefficient (Wildman–Crippen LogP) is 3.48. The summed E-state index contributed by atoms with van der Waals surface area (Å²) < 4.78 is 5.80. The molecule has 0 saturated carbocycles. The van der Waals surface area contributed by atoms with Crippen molar-refractivity contribution in [3.8, 4) is 0 Å². The number of hydrogen-bond acceptors (Lipinski definition) is 4. The van der Waals surface area contributed by atoms with Crippen LogP contribution in [0.15, 0.2) is 35.0 Å². The molecule has 0 radical (unpaired) electrons. The standard InChI is InChI=1S/C22H27N3O3/c1-14(2)20-10-19(15(3)28-20)22(27)25-12-16-4-5-18(25)13-24(11-16)21(26)17-6-8-23-9-7-17/h6-10,14,16,18H,4-5,11-13H2,1-3H3/t16-,18+/m0/s1. The van der Waals surface area contributed by atoms with Crippen molar-refractivity contribution in [1.29, 1.82) is 0 Å². The first kappa shape index (κ1) is 18.7. The Morgan fingerprint density at radius 2 is 1.86 bits per heavy atom. The Hall–Kier alpha value is -2.63. The van der Waals surface area contributed by atoms with Crippen LogP contribution in [-0.2, 0) is 0 Å². The molecule has 5 rings (SSSR count). The molecule has 3 fully saturated rings. The van der Waals surface area contributed by atoms with Gasteiger partial charge in [-0.3, -0.25) is 14.6 Å². The molecule has 2 atom stereocenters. The second kappa shape index (κ2) is 7.41. The maximum absolute atomic E-state index is 13.3. The lowest BCUT2D eigenvalue weighted by molar-refractivity contribution is 0.0572. The summed E-state index contributed by atoms with van der Waals surface area (Å²) in [5, 5.41) is 0. The number of piperidine rings is 1. The van der Waals surface area contributed by atoms with Crippen molar-refractivity contribution in [3.05, 3.63) is 53.2 Å². The van der Waals surface area contributed by atoms with Crippen LogP contribution in [0.3, 0.4) is 0 Å². The fourth-order valence-electron chi connectivity index (χ4n) is 4.33. The highest BCUT2D eigenvalue weighted by molar-refractivity contribution is 5.96. The van der Waals surface area contributed by atoms with Crippen molar-refractivity contribution >= 4 is 11.8 Å². The molecular formula is C22H27N3O3. The summed E-state index contributed by atoms with van der Waals surface area (Å²) in [4.78, 5) is 34.1. The second-order valence-electron chi connectivity index (χ2n) is 8.27. The van der Waals surface area contributed by atoms with Gasteiger partial charge in [0.05, 0.1) is 5.56 Å². The smallest absolute Gasteiger partial charge is 0.257 e. The van der Waals surface area contributed by atoms with Crippen LogP contribution in [0.5, 0.6) is 0 Å². The van der Waals surface area contributed by atoms with Gasteiger partial charge in [0.2, 0.25) is 0 Å². The van der Waals surface area contributed by atoms with Crippen LogP contribution in [0.4, 0.5) is 0 Å². The summed E-state index contributed by atoms with van der Waals surface area (Å²) in [6, 6.07) is 5.44. The highest BCUT2D eigenvalue weighted by atomic mass is 16.3. The molecule has 6 heteroatoms. The highest BCUT2D eigenvalue weighted by Gasteiger charge is 2.39. The van der Waals surface area contributed by atoms with Crippen molar-refractivity contribution in [3.63, 3.8) is 0 Å². The van der Waals surface area contributed by atoms with E-state index in [0.29, 0.717) is 42.4 Å². The molecule has 0 N–H and O–H groups in total. The molecule has 2 amide bonds. The maximum atomic E-state index is 13.3. The summed E-state index contributed by atoms with van der Waals surface area (Å²) in [6.07, 6.45) is 5.27. The minimum Gasteiger partial charge on any atom is -0.465 e. The number of hydrogen-bond donors (Lipinski definition) is 0. The van der Waals surface area contributed by atoms with Crippen LogP contribution in [0, 0.1) is 12.8 Å². The van der Waals surface area contributed by atoms with E-state index in [0.717, 1.165) is 18.6 Å². The molecule has 28 heavy (non-hydrogen) atoms. The number of aromatic nitrogens is 1. The Kier molecular flexibility index (Phi) is 4.96. The third-order valence-corrected chi connectivity index (χ3v) is 5.93. The molecule has 0 aliphatic carbocycles. The molecule has 3 aliphatic rings. The van der Waals surface area contributed by atoms with Crippen LogP contribution in [0.2, 0.25) is 0 Å². The van der Waals surface area contributed by atoms with Crippen LogP contribution in [0.1, 0.15) is 64.8 Å². The van der Waals surface area contributed by atoms with Gasteiger partial charge in [0.15, 0.2) is 0 Å². The highest BCUT2D eigenvalue weighted by Crippen LogP contribution is 2.31. The molecule has 0 aromatic carbocycles. The Bertz CT molecular complexity index is 874. The van der Waals surface area contributed by atoms with Crippen molar-refractivity contribution < 1.29 is 14.0 Å². The SMILES string of the molecule is Cc1oc(C(C)C)cc1C(=O)N1C[C@H]2CC[C@@H]1CN(C(=O)c1ccncc1)C2. The predicted molar refractivity (Wildman–Crippen MR) is 105 cm³/mol. The minimum atomic E-state index is 0.0233. The first-order valence-corrected chi connectivity index (χ1v) is 10.0. The number of carbonyl (C=O) groups excluding carboxylic acids is 2. The topological polar surface area (TPSA) is 66.7 Å². The number of carbonyl (C=O) groups is 2. The fourth-order valence-corrected chi connectivity index (χ4v) is 4.33. The van der Waals surface area contributed by atoms with Crippen molar-refractivity contribution in [2.45, 2.75) is 45.6 Å². The first-order valence-electron chi connectivity index (χ1n) is 10.0. The average Bonchev–Trinajstić information content (AvgIpc) is 2.88. The normalized spacial score (nSPS) is 21.9. The number of fused-ring (bicyclic) bond motifs is 4. The molecule has 0 unspecified atom stereocenters. The Balaban J connectivity index is 1.55. The number of amides is 2. The van der Waals surface area contributed by atoms with Crippen LogP contribution >= 0.6 is 0 Å². The van der Waals surface area contributed by atoms with Gasteiger partial charge in [0.25, 0.3) is 11.8 Å². The third-order valence-electron chi connectivity index (χ3n) is 5.93. The second-order valence-corrected chi connectivity index (χ2v) is 8.27. The number of nitrogens with zero attached hydrogens (tertiary/aromatic N) is 3. The molecule has 3 saturated heterocycles. The number of rotatable bonds is 3. The molecule has 2 bridgehead atoms. The zero-order valence-corrected chi connectivity index (χ0v) is 16.7. The maximum Gasteiger partial charge on any atom is 0.257 e. The largest absolute Gasteiger partial charge is 0.465 e. The number of pyridine rings is 1. The van der Waals surface area contributed by atoms with Crippen molar-refractivity contribution in [2.75, 3.05) is 19.6 Å². The van der Waals surface area contributed by atoms with Gasteiger partial charge in [-0.2, -0.15) is 0 Å². The van der Waals surface area contributed by atoms with Gasteiger partial charge < -0.3 is 14.2 Å². The minimum absolute atomic E-state index is 0.0233. The van der Waals surface area contributed by atoms with Gasteiger partial charge >= 0.3 is 0 Å². The molecular weight excluding hydrogens is 354 g/mol. The van der Waals surface area contributed by atoms with Gasteiger partial charge in [-0.25, -0.2) is 0 Å². The lowest BCUT2D eigenvalue weighted by Gasteiger charge is -2.36. The van der Waals surface area contributed by atoms with Gasteiger partial charge in [-0.1, -0.05) is 13.8 Å². The Labute approximate surface area is 165 Å². The van der Waals surface area contributed by atoms with E-state index in [2.05, 4.69) is 18.8 Å². The van der Waals surface area contributed by atoms with E-state index in [9.17, 15) is 9.59 Å². The molecule has 148 valence electrons. The summed E-state index contributed by atoms with van der Waals surface area (Å²) in [5.41, 5.74) is 1.31. The van der Waals surface area contributed by atoms with Crippen LogP contribution in [-0.4, -0.2) is 52.3 Å². The van der Waals surface area contributed by atoms with Gasteiger partial charge in [0.1, 0.15) is 11.5 Å². The van der Waals surface area contributed by atoms with E-state index in [1.807, 2.05) is 22.8 Å². The lowest BCUT2D eigenvalue weighted by atomic mass is 9.94. The fraction of sp³-hybridized carbons (Fsp3) is 0.500. The molecule has 3 aliphatic heterocycles. The molecule has 2 aromatic rings. The number of furan rings is 1. The van der Waals surface area contributed by atoms with Crippen molar-refractivity contribution in [1.82, 2.24) is 14.8 Å². The van der Waals surface area contributed by atoms with Crippen LogP contribution < -0.4 is 0 Å². The molecule has 0 spiro atoms. The average molecular weight is 381 g/mol. The van der Waals surface area contributed by atoms with E-state index in [1.54, 1.807) is 24.5 Å². The Morgan fingerprint density at radius 1 is 1.11 bits per heavy atom. The monoisotopic (exact) mass is 381 g/mol. The summed E-state index contributed by atoms with van der Waals surface area (Å²) >= 11 is 0.